The van der Waals surface area contributed by atoms with Crippen LogP contribution in [-0.4, -0.2) is 17.1 Å². The second-order valence-corrected chi connectivity index (χ2v) is 2.63. The minimum Gasteiger partial charge on any atom is -0.480 e. The van der Waals surface area contributed by atoms with Crippen molar-refractivity contribution in [1.82, 2.24) is 0 Å². The fourth-order valence-corrected chi connectivity index (χ4v) is 0.955. The molecule has 1 aromatic carbocycles. The van der Waals surface area contributed by atoms with E-state index in [1.54, 1.807) is 0 Å². The predicted molar refractivity (Wildman–Crippen MR) is 53.0 cm³/mol. The quantitative estimate of drug-likeness (QED) is 0.726. The second kappa shape index (κ2) is 5.56. The lowest BCUT2D eigenvalue weighted by molar-refractivity contribution is -0.138. The van der Waals surface area contributed by atoms with Gasteiger partial charge in [0.25, 0.3) is 0 Å². The maximum Gasteiger partial charge on any atom is 0.320 e. The number of benzene rings is 1. The van der Waals surface area contributed by atoms with Crippen LogP contribution < -0.4 is 5.73 Å². The van der Waals surface area contributed by atoms with Gasteiger partial charge in [-0.15, -0.1) is 12.4 Å². The van der Waals surface area contributed by atoms with Gasteiger partial charge in [0, 0.05) is 0 Å². The molecule has 0 radical (unpaired) electrons. The van der Waals surface area contributed by atoms with Crippen molar-refractivity contribution in [3.05, 3.63) is 35.9 Å². The van der Waals surface area contributed by atoms with Crippen molar-refractivity contribution < 1.29 is 9.90 Å². The smallest absolute Gasteiger partial charge is 0.320 e. The highest BCUT2D eigenvalue weighted by Crippen LogP contribution is 2.01. The second-order valence-electron chi connectivity index (χ2n) is 2.63. The lowest BCUT2D eigenvalue weighted by Crippen LogP contribution is -2.32. The highest BCUT2D eigenvalue weighted by atomic mass is 35.5. The van der Waals surface area contributed by atoms with Gasteiger partial charge in [-0.05, 0) is 12.0 Å². The molecule has 0 amide bonds. The summed E-state index contributed by atoms with van der Waals surface area (Å²) in [7, 11) is 0. The molecule has 0 fully saturated rings. The summed E-state index contributed by atoms with van der Waals surface area (Å²) in [5, 5.41) is 8.52. The fourth-order valence-electron chi connectivity index (χ4n) is 0.955. The maximum atomic E-state index is 10.4. The van der Waals surface area contributed by atoms with E-state index in [0.29, 0.717) is 6.42 Å². The molecule has 0 bridgehead atoms. The van der Waals surface area contributed by atoms with Crippen LogP contribution in [0.25, 0.3) is 0 Å². The Morgan fingerprint density at radius 1 is 1.38 bits per heavy atom. The van der Waals surface area contributed by atoms with Crippen molar-refractivity contribution >= 4 is 18.4 Å². The molecule has 0 aliphatic carbocycles. The first-order valence-electron chi connectivity index (χ1n) is 3.72. The number of carboxylic acid groups (broad SMARTS) is 1. The van der Waals surface area contributed by atoms with Crippen molar-refractivity contribution in [3.8, 4) is 0 Å². The van der Waals surface area contributed by atoms with E-state index in [1.165, 1.54) is 0 Å². The number of hydrogen-bond donors (Lipinski definition) is 2. The first-order chi connectivity index (χ1) is 5.70. The van der Waals surface area contributed by atoms with Crippen LogP contribution in [-0.2, 0) is 11.2 Å². The summed E-state index contributed by atoms with van der Waals surface area (Å²) >= 11 is 0. The van der Waals surface area contributed by atoms with Crippen molar-refractivity contribution in [1.29, 1.82) is 0 Å². The van der Waals surface area contributed by atoms with E-state index in [-0.39, 0.29) is 12.4 Å². The first kappa shape index (κ1) is 11.9. The molecule has 4 heteroatoms. The molecule has 0 saturated carbocycles. The van der Waals surface area contributed by atoms with E-state index in [4.69, 9.17) is 10.8 Å². The van der Waals surface area contributed by atoms with Gasteiger partial charge in [0.1, 0.15) is 6.04 Å². The number of rotatable bonds is 3. The third kappa shape index (κ3) is 3.92. The van der Waals surface area contributed by atoms with Crippen LogP contribution in [0.5, 0.6) is 0 Å². The van der Waals surface area contributed by atoms with E-state index in [2.05, 4.69) is 0 Å². The van der Waals surface area contributed by atoms with Crippen LogP contribution in [0.3, 0.4) is 0 Å². The number of hydrogen-bond acceptors (Lipinski definition) is 2. The Balaban J connectivity index is 0.00000144. The standard InChI is InChI=1S/C9H11NO2.ClH/c10-8(9(11)12)6-7-4-2-1-3-5-7;/h1-5,8H,6,10H2,(H,11,12);1H/t8-;/m0./s1/i11+2,12+2;. The molecule has 1 rings (SSSR count). The minimum atomic E-state index is -0.959. The molecule has 0 heterocycles. The number of aliphatic carboxylic acids is 1. The summed E-state index contributed by atoms with van der Waals surface area (Å²) in [6.45, 7) is 0. The predicted octanol–water partition coefficient (Wildman–Crippen LogP) is 1.06. The zero-order valence-corrected chi connectivity index (χ0v) is 7.83. The van der Waals surface area contributed by atoms with Crippen molar-refractivity contribution in [2.45, 2.75) is 12.5 Å². The first-order valence-corrected chi connectivity index (χ1v) is 3.72. The number of carboxylic acids is 1. The molecule has 0 saturated heterocycles. The summed E-state index contributed by atoms with van der Waals surface area (Å²) < 4.78 is 0. The molecule has 1 aromatic rings. The van der Waals surface area contributed by atoms with Gasteiger partial charge in [-0.1, -0.05) is 30.3 Å². The summed E-state index contributed by atoms with van der Waals surface area (Å²) in [5.41, 5.74) is 6.30. The Kier molecular flexibility index (Phi) is 5.11. The van der Waals surface area contributed by atoms with E-state index in [0.717, 1.165) is 5.56 Å². The van der Waals surface area contributed by atoms with Crippen molar-refractivity contribution in [3.63, 3.8) is 0 Å². The molecule has 3 nitrogen and oxygen atoms in total. The minimum absolute atomic E-state index is 0. The molecule has 72 valence electrons. The molecule has 0 aliphatic rings. The van der Waals surface area contributed by atoms with Gasteiger partial charge < -0.3 is 10.8 Å². The Labute approximate surface area is 83.0 Å². The monoisotopic (exact) mass is 205 g/mol. The van der Waals surface area contributed by atoms with Crippen LogP contribution >= 0.6 is 12.4 Å². The lowest BCUT2D eigenvalue weighted by atomic mass is 10.1. The lowest BCUT2D eigenvalue weighted by Gasteiger charge is -2.04. The summed E-state index contributed by atoms with van der Waals surface area (Å²) in [6.07, 6.45) is 0.385. The van der Waals surface area contributed by atoms with Gasteiger partial charge in [-0.25, -0.2) is 0 Å². The molecular formula is C9H12ClNO2. The summed E-state index contributed by atoms with van der Waals surface area (Å²) in [6, 6.07) is 8.54. The van der Waals surface area contributed by atoms with Gasteiger partial charge >= 0.3 is 5.97 Å². The van der Waals surface area contributed by atoms with E-state index < -0.39 is 12.0 Å². The number of halogens is 1. The van der Waals surface area contributed by atoms with Crippen molar-refractivity contribution in [2.75, 3.05) is 0 Å². The van der Waals surface area contributed by atoms with Crippen LogP contribution in [0.1, 0.15) is 5.56 Å². The molecular weight excluding hydrogens is 194 g/mol. The topological polar surface area (TPSA) is 63.3 Å². The van der Waals surface area contributed by atoms with Gasteiger partial charge in [-0.3, -0.25) is 4.79 Å². The van der Waals surface area contributed by atoms with E-state index in [1.807, 2.05) is 30.3 Å². The van der Waals surface area contributed by atoms with Crippen LogP contribution in [0.2, 0.25) is 0 Å². The van der Waals surface area contributed by atoms with Gasteiger partial charge in [0.15, 0.2) is 0 Å². The Morgan fingerprint density at radius 2 is 1.92 bits per heavy atom. The fraction of sp³-hybridized carbons (Fsp3) is 0.222. The van der Waals surface area contributed by atoms with Crippen LogP contribution in [0, 0.1) is 0 Å². The largest absolute Gasteiger partial charge is 0.480 e. The zero-order chi connectivity index (χ0) is 8.97. The van der Waals surface area contributed by atoms with E-state index >= 15 is 0 Å². The maximum absolute atomic E-state index is 10.4. The summed E-state index contributed by atoms with van der Waals surface area (Å²) in [4.78, 5) is 10.4. The Bertz CT molecular complexity index is 264. The van der Waals surface area contributed by atoms with Crippen LogP contribution in [0.4, 0.5) is 0 Å². The average molecular weight is 206 g/mol. The average Bonchev–Trinajstić information content (AvgIpc) is 2.06. The summed E-state index contributed by atoms with van der Waals surface area (Å²) in [5.74, 6) is -0.959. The normalized spacial score (nSPS) is 11.5. The number of nitrogens with two attached hydrogens (primary N) is 1. The molecule has 13 heavy (non-hydrogen) atoms. The Morgan fingerprint density at radius 3 is 2.38 bits per heavy atom. The molecule has 0 spiro atoms. The molecule has 3 N–H and O–H groups in total. The van der Waals surface area contributed by atoms with Crippen molar-refractivity contribution in [2.24, 2.45) is 5.73 Å². The molecule has 0 aliphatic heterocycles. The molecule has 0 unspecified atom stereocenters. The van der Waals surface area contributed by atoms with Gasteiger partial charge in [-0.2, -0.15) is 0 Å². The highest BCUT2D eigenvalue weighted by molar-refractivity contribution is 5.85. The Hall–Kier alpha value is -1.06. The van der Waals surface area contributed by atoms with Gasteiger partial charge in [0.05, 0.1) is 0 Å². The molecule has 1 atom stereocenters. The van der Waals surface area contributed by atoms with Crippen LogP contribution in [0.15, 0.2) is 30.3 Å². The van der Waals surface area contributed by atoms with E-state index in [9.17, 15) is 4.79 Å². The number of carbonyl (C=O) groups is 1. The van der Waals surface area contributed by atoms with Gasteiger partial charge in [0.2, 0.25) is 0 Å². The highest BCUT2D eigenvalue weighted by Gasteiger charge is 2.10. The SMILES string of the molecule is Cl.N[C@@H](Cc1ccccc1)C(=[18O])[18OH]. The third-order valence-electron chi connectivity index (χ3n) is 1.62. The molecule has 0 aromatic heterocycles. The zero-order valence-electron chi connectivity index (χ0n) is 7.01. The third-order valence-corrected chi connectivity index (χ3v) is 1.62.